The Bertz CT molecular complexity index is 1040. The van der Waals surface area contributed by atoms with E-state index in [1.54, 1.807) is 55.0 Å². The van der Waals surface area contributed by atoms with Gasteiger partial charge < -0.3 is 20.7 Å². The van der Waals surface area contributed by atoms with E-state index in [-0.39, 0.29) is 18.0 Å². The van der Waals surface area contributed by atoms with E-state index in [0.29, 0.717) is 29.4 Å². The van der Waals surface area contributed by atoms with Gasteiger partial charge in [0, 0.05) is 35.9 Å². The summed E-state index contributed by atoms with van der Waals surface area (Å²) in [6.07, 6.45) is 6.97. The monoisotopic (exact) mass is 403 g/mol. The summed E-state index contributed by atoms with van der Waals surface area (Å²) in [4.78, 5) is 32.8. The standard InChI is InChI=1S/C22H21N5O3/c28-21(16-3-1-4-18(13-16)26-22(29)25-17-6-7-17)27-20-19(5-2-10-24-20)30-14-15-8-11-23-12-9-15/h1-5,8-13,17H,6-7,14H2,(H,24,27,28)(H2,25,26,29). The van der Waals surface area contributed by atoms with Crippen LogP contribution < -0.4 is 20.7 Å². The highest BCUT2D eigenvalue weighted by molar-refractivity contribution is 6.05. The zero-order chi connectivity index (χ0) is 20.8. The Morgan fingerprint density at radius 2 is 1.83 bits per heavy atom. The molecule has 3 N–H and O–H groups in total. The van der Waals surface area contributed by atoms with E-state index in [4.69, 9.17) is 4.74 Å². The molecule has 1 saturated carbocycles. The lowest BCUT2D eigenvalue weighted by molar-refractivity contribution is 0.102. The van der Waals surface area contributed by atoms with E-state index in [1.807, 2.05) is 12.1 Å². The second kappa shape index (κ2) is 9.04. The maximum Gasteiger partial charge on any atom is 0.319 e. The molecule has 8 nitrogen and oxygen atoms in total. The molecule has 3 amide bonds. The summed E-state index contributed by atoms with van der Waals surface area (Å²) in [5.74, 6) is 0.427. The number of carbonyl (C=O) groups is 2. The predicted octanol–water partition coefficient (Wildman–Crippen LogP) is 3.59. The molecule has 30 heavy (non-hydrogen) atoms. The summed E-state index contributed by atoms with van der Waals surface area (Å²) in [5, 5.41) is 8.36. The highest BCUT2D eigenvalue weighted by atomic mass is 16.5. The number of anilines is 2. The van der Waals surface area contributed by atoms with Crippen molar-refractivity contribution < 1.29 is 14.3 Å². The van der Waals surface area contributed by atoms with Crippen molar-refractivity contribution in [3.63, 3.8) is 0 Å². The van der Waals surface area contributed by atoms with Crippen LogP contribution in [0.2, 0.25) is 0 Å². The second-order valence-corrected chi connectivity index (χ2v) is 6.90. The first-order valence-electron chi connectivity index (χ1n) is 9.63. The SMILES string of the molecule is O=C(Nc1cccc(C(=O)Nc2ncccc2OCc2ccncc2)c1)NC1CC1. The molecule has 1 aliphatic rings. The number of urea groups is 1. The van der Waals surface area contributed by atoms with Crippen LogP contribution in [0.1, 0.15) is 28.8 Å². The molecule has 0 spiro atoms. The van der Waals surface area contributed by atoms with Gasteiger partial charge in [-0.25, -0.2) is 9.78 Å². The van der Waals surface area contributed by atoms with Gasteiger partial charge in [0.25, 0.3) is 5.91 Å². The lowest BCUT2D eigenvalue weighted by atomic mass is 10.2. The van der Waals surface area contributed by atoms with Crippen molar-refractivity contribution in [3.05, 3.63) is 78.2 Å². The molecule has 3 aromatic rings. The summed E-state index contributed by atoms with van der Waals surface area (Å²) >= 11 is 0. The van der Waals surface area contributed by atoms with E-state index in [9.17, 15) is 9.59 Å². The normalized spacial score (nSPS) is 12.7. The number of nitrogens with one attached hydrogen (secondary N) is 3. The number of ether oxygens (including phenoxy) is 1. The number of hydrogen-bond donors (Lipinski definition) is 3. The van der Waals surface area contributed by atoms with Crippen LogP contribution in [0.5, 0.6) is 5.75 Å². The molecule has 0 radical (unpaired) electrons. The number of rotatable bonds is 7. The van der Waals surface area contributed by atoms with Crippen LogP contribution in [0, 0.1) is 0 Å². The number of benzene rings is 1. The van der Waals surface area contributed by atoms with E-state index in [0.717, 1.165) is 18.4 Å². The Kier molecular flexibility index (Phi) is 5.84. The summed E-state index contributed by atoms with van der Waals surface area (Å²) in [6, 6.07) is 13.9. The number of aromatic nitrogens is 2. The van der Waals surface area contributed by atoms with E-state index < -0.39 is 0 Å². The van der Waals surface area contributed by atoms with Crippen LogP contribution in [0.25, 0.3) is 0 Å². The molecule has 1 aliphatic carbocycles. The fourth-order valence-electron chi connectivity index (χ4n) is 2.74. The summed E-state index contributed by atoms with van der Waals surface area (Å²) in [7, 11) is 0. The Labute approximate surface area is 173 Å². The first kappa shape index (κ1) is 19.4. The van der Waals surface area contributed by atoms with Crippen LogP contribution in [0.3, 0.4) is 0 Å². The van der Waals surface area contributed by atoms with Crippen molar-refractivity contribution in [2.75, 3.05) is 10.6 Å². The van der Waals surface area contributed by atoms with Gasteiger partial charge in [-0.3, -0.25) is 9.78 Å². The summed E-state index contributed by atoms with van der Waals surface area (Å²) in [6.45, 7) is 0.326. The van der Waals surface area contributed by atoms with Crippen LogP contribution in [0.4, 0.5) is 16.3 Å². The lowest BCUT2D eigenvalue weighted by Gasteiger charge is -2.12. The molecular weight excluding hydrogens is 382 g/mol. The van der Waals surface area contributed by atoms with Crippen LogP contribution >= 0.6 is 0 Å². The van der Waals surface area contributed by atoms with Crippen LogP contribution in [-0.4, -0.2) is 27.9 Å². The molecule has 2 heterocycles. The van der Waals surface area contributed by atoms with Crippen molar-refractivity contribution in [2.45, 2.75) is 25.5 Å². The van der Waals surface area contributed by atoms with Gasteiger partial charge in [0.1, 0.15) is 6.61 Å². The van der Waals surface area contributed by atoms with Gasteiger partial charge in [-0.15, -0.1) is 0 Å². The number of pyridine rings is 2. The predicted molar refractivity (Wildman–Crippen MR) is 112 cm³/mol. The van der Waals surface area contributed by atoms with E-state index >= 15 is 0 Å². The van der Waals surface area contributed by atoms with Gasteiger partial charge >= 0.3 is 6.03 Å². The van der Waals surface area contributed by atoms with Crippen molar-refractivity contribution in [3.8, 4) is 5.75 Å². The highest BCUT2D eigenvalue weighted by Gasteiger charge is 2.23. The average molecular weight is 403 g/mol. The zero-order valence-corrected chi connectivity index (χ0v) is 16.2. The van der Waals surface area contributed by atoms with Gasteiger partial charge in [0.05, 0.1) is 0 Å². The molecule has 152 valence electrons. The topological polar surface area (TPSA) is 105 Å². The van der Waals surface area contributed by atoms with E-state index in [2.05, 4.69) is 25.9 Å². The summed E-state index contributed by atoms with van der Waals surface area (Å²) < 4.78 is 5.81. The van der Waals surface area contributed by atoms with Gasteiger partial charge in [0.15, 0.2) is 11.6 Å². The Morgan fingerprint density at radius 3 is 2.63 bits per heavy atom. The Morgan fingerprint density at radius 1 is 1.00 bits per heavy atom. The fraction of sp³-hybridized carbons (Fsp3) is 0.182. The zero-order valence-electron chi connectivity index (χ0n) is 16.2. The molecule has 0 bridgehead atoms. The second-order valence-electron chi connectivity index (χ2n) is 6.90. The minimum atomic E-state index is -0.353. The van der Waals surface area contributed by atoms with Crippen molar-refractivity contribution >= 4 is 23.4 Å². The summed E-state index contributed by atoms with van der Waals surface area (Å²) in [5.41, 5.74) is 1.88. The highest BCUT2D eigenvalue weighted by Crippen LogP contribution is 2.23. The first-order valence-corrected chi connectivity index (χ1v) is 9.63. The van der Waals surface area contributed by atoms with Crippen LogP contribution in [-0.2, 0) is 6.61 Å². The molecule has 1 fully saturated rings. The quantitative estimate of drug-likeness (QED) is 0.559. The first-order chi connectivity index (χ1) is 14.7. The van der Waals surface area contributed by atoms with Crippen molar-refractivity contribution in [2.24, 2.45) is 0 Å². The Hall–Kier alpha value is -3.94. The number of nitrogens with zero attached hydrogens (tertiary/aromatic N) is 2. The number of hydrogen-bond acceptors (Lipinski definition) is 5. The number of amides is 3. The van der Waals surface area contributed by atoms with Gasteiger partial charge in [-0.05, 0) is 60.9 Å². The molecular formula is C22H21N5O3. The number of carbonyl (C=O) groups excluding carboxylic acids is 2. The largest absolute Gasteiger partial charge is 0.485 e. The van der Waals surface area contributed by atoms with Crippen molar-refractivity contribution in [1.82, 2.24) is 15.3 Å². The minimum absolute atomic E-state index is 0.256. The van der Waals surface area contributed by atoms with Crippen molar-refractivity contribution in [1.29, 1.82) is 0 Å². The third-order valence-corrected chi connectivity index (χ3v) is 4.44. The maximum atomic E-state index is 12.7. The molecule has 8 heteroatoms. The Balaban J connectivity index is 1.41. The smallest absolute Gasteiger partial charge is 0.319 e. The van der Waals surface area contributed by atoms with E-state index in [1.165, 1.54) is 0 Å². The third-order valence-electron chi connectivity index (χ3n) is 4.44. The molecule has 0 atom stereocenters. The van der Waals surface area contributed by atoms with Gasteiger partial charge in [-0.2, -0.15) is 0 Å². The van der Waals surface area contributed by atoms with Crippen LogP contribution in [0.15, 0.2) is 67.1 Å². The van der Waals surface area contributed by atoms with Gasteiger partial charge in [-0.1, -0.05) is 6.07 Å². The fourth-order valence-corrected chi connectivity index (χ4v) is 2.74. The lowest BCUT2D eigenvalue weighted by Crippen LogP contribution is -2.30. The molecule has 2 aromatic heterocycles. The maximum absolute atomic E-state index is 12.7. The third kappa shape index (κ3) is 5.32. The average Bonchev–Trinajstić information content (AvgIpc) is 3.58. The minimum Gasteiger partial charge on any atom is -0.485 e. The molecule has 4 rings (SSSR count). The molecule has 0 unspecified atom stereocenters. The van der Waals surface area contributed by atoms with Gasteiger partial charge in [0.2, 0.25) is 0 Å². The molecule has 0 saturated heterocycles. The molecule has 1 aromatic carbocycles. The molecule has 0 aliphatic heterocycles.